The third-order valence-electron chi connectivity index (χ3n) is 8.78. The number of carbonyl (C=O) groups is 1. The van der Waals surface area contributed by atoms with Gasteiger partial charge < -0.3 is 0 Å². The zero-order valence-electron chi connectivity index (χ0n) is 17.3. The van der Waals surface area contributed by atoms with E-state index >= 15 is 0 Å². The van der Waals surface area contributed by atoms with Crippen LogP contribution in [0.4, 0.5) is 0 Å². The zero-order valence-corrected chi connectivity index (χ0v) is 17.3. The summed E-state index contributed by atoms with van der Waals surface area (Å²) in [6, 6.07) is 0. The summed E-state index contributed by atoms with van der Waals surface area (Å²) < 4.78 is 0. The van der Waals surface area contributed by atoms with Crippen molar-refractivity contribution in [1.82, 2.24) is 0 Å². The summed E-state index contributed by atoms with van der Waals surface area (Å²) in [4.78, 5) is 12.1. The molecule has 0 aromatic heterocycles. The second-order valence-electron chi connectivity index (χ2n) is 9.95. The maximum Gasteiger partial charge on any atom is 0.155 e. The lowest BCUT2D eigenvalue weighted by Gasteiger charge is -2.55. The van der Waals surface area contributed by atoms with E-state index in [1.165, 1.54) is 76.2 Å². The molecular weight excluding hydrogens is 316 g/mol. The number of ketones is 1. The van der Waals surface area contributed by atoms with Crippen molar-refractivity contribution < 1.29 is 4.79 Å². The van der Waals surface area contributed by atoms with Gasteiger partial charge in [-0.3, -0.25) is 4.79 Å². The van der Waals surface area contributed by atoms with Crippen LogP contribution in [0, 0.1) is 29.1 Å². The van der Waals surface area contributed by atoms with Gasteiger partial charge in [-0.05, 0) is 80.1 Å². The van der Waals surface area contributed by atoms with Crippen molar-refractivity contribution in [2.45, 2.75) is 97.8 Å². The summed E-state index contributed by atoms with van der Waals surface area (Å²) in [5, 5.41) is 0. The fourth-order valence-corrected chi connectivity index (χ4v) is 7.19. The highest BCUT2D eigenvalue weighted by molar-refractivity contribution is 5.92. The molecule has 0 saturated heterocycles. The van der Waals surface area contributed by atoms with Crippen molar-refractivity contribution in [3.8, 4) is 0 Å². The predicted molar refractivity (Wildman–Crippen MR) is 109 cm³/mol. The van der Waals surface area contributed by atoms with Crippen LogP contribution in [-0.2, 0) is 4.79 Å². The van der Waals surface area contributed by atoms with E-state index < -0.39 is 0 Å². The number of hydrogen-bond donors (Lipinski definition) is 0. The van der Waals surface area contributed by atoms with Crippen LogP contribution in [0.5, 0.6) is 0 Å². The molecule has 1 saturated carbocycles. The lowest BCUT2D eigenvalue weighted by atomic mass is 9.49. The molecule has 0 unspecified atom stereocenters. The number of allylic oxidation sites excluding steroid dienone is 4. The summed E-state index contributed by atoms with van der Waals surface area (Å²) in [5.74, 6) is 3.45. The Bertz CT molecular complexity index is 624. The normalized spacial score (nSPS) is 39.3. The largest absolute Gasteiger partial charge is 0.295 e. The van der Waals surface area contributed by atoms with Crippen LogP contribution in [0.25, 0.3) is 0 Å². The van der Waals surface area contributed by atoms with Crippen molar-refractivity contribution in [2.24, 2.45) is 29.1 Å². The van der Waals surface area contributed by atoms with Gasteiger partial charge in [0.2, 0.25) is 0 Å². The van der Waals surface area contributed by atoms with Gasteiger partial charge in [-0.1, -0.05) is 63.2 Å². The second kappa shape index (κ2) is 7.28. The number of hydrogen-bond acceptors (Lipinski definition) is 1. The lowest BCUT2D eigenvalue weighted by Crippen LogP contribution is -2.47. The van der Waals surface area contributed by atoms with Crippen molar-refractivity contribution in [3.05, 3.63) is 22.8 Å². The third kappa shape index (κ3) is 2.94. The van der Waals surface area contributed by atoms with E-state index in [-0.39, 0.29) is 5.41 Å². The monoisotopic (exact) mass is 354 g/mol. The van der Waals surface area contributed by atoms with Crippen LogP contribution in [0.3, 0.4) is 0 Å². The average Bonchev–Trinajstić information content (AvgIpc) is 3.03. The quantitative estimate of drug-likeness (QED) is 0.383. The minimum Gasteiger partial charge on any atom is -0.295 e. The highest BCUT2D eigenvalue weighted by Gasteiger charge is 2.53. The molecule has 0 spiro atoms. The molecule has 0 bridgehead atoms. The summed E-state index contributed by atoms with van der Waals surface area (Å²) in [6.45, 7) is 7.17. The first kappa shape index (κ1) is 18.5. The second-order valence-corrected chi connectivity index (χ2v) is 9.95. The van der Waals surface area contributed by atoms with Crippen molar-refractivity contribution in [1.29, 1.82) is 0 Å². The Balaban J connectivity index is 1.53. The number of carbonyl (C=O) groups excluding carboxylic acids is 1. The molecule has 0 N–H and O–H groups in total. The molecule has 0 amide bonds. The predicted octanol–water partition coefficient (Wildman–Crippen LogP) is 7.03. The molecule has 5 atom stereocenters. The van der Waals surface area contributed by atoms with E-state index in [1.807, 2.05) is 17.2 Å². The lowest BCUT2D eigenvalue weighted by molar-refractivity contribution is -0.118. The van der Waals surface area contributed by atoms with Crippen molar-refractivity contribution >= 4 is 5.78 Å². The maximum absolute atomic E-state index is 12.1. The molecule has 1 fully saturated rings. The van der Waals surface area contributed by atoms with Gasteiger partial charge in [0.25, 0.3) is 0 Å². The summed E-state index contributed by atoms with van der Waals surface area (Å²) in [5.41, 5.74) is 5.58. The zero-order chi connectivity index (χ0) is 18.3. The van der Waals surface area contributed by atoms with E-state index in [4.69, 9.17) is 0 Å². The van der Waals surface area contributed by atoms with E-state index in [1.54, 1.807) is 0 Å². The Labute approximate surface area is 160 Å². The molecule has 1 nitrogen and oxygen atoms in total. The van der Waals surface area contributed by atoms with Crippen LogP contribution in [0.1, 0.15) is 97.8 Å². The molecule has 1 heteroatoms. The maximum atomic E-state index is 12.1. The topological polar surface area (TPSA) is 17.1 Å². The SMILES string of the molecule is CCCCCC[C@H]1CCC2=C1CC[C@H]1[C@H]2CCC2=CC(=O)C[C@H](C)[C@@]21C. The van der Waals surface area contributed by atoms with Crippen LogP contribution in [-0.4, -0.2) is 5.78 Å². The molecule has 4 aliphatic rings. The Kier molecular flexibility index (Phi) is 5.19. The molecule has 144 valence electrons. The van der Waals surface area contributed by atoms with E-state index in [0.717, 1.165) is 24.2 Å². The van der Waals surface area contributed by atoms with Gasteiger partial charge in [0.15, 0.2) is 5.78 Å². The van der Waals surface area contributed by atoms with Gasteiger partial charge in [-0.25, -0.2) is 0 Å². The Morgan fingerprint density at radius 3 is 2.65 bits per heavy atom. The Morgan fingerprint density at radius 2 is 1.85 bits per heavy atom. The number of rotatable bonds is 5. The third-order valence-corrected chi connectivity index (χ3v) is 8.78. The standard InChI is InChI=1S/C25H38O/c1-4-5-6-7-8-18-9-11-22-21(18)13-14-24-23(22)12-10-19-16-20(26)15-17(2)25(19,24)3/h16-18,23-24H,4-15H2,1-3H3/t17-,18-,23-,24-,25-/m0/s1. The fourth-order valence-electron chi connectivity index (χ4n) is 7.19. The van der Waals surface area contributed by atoms with Crippen LogP contribution in [0.15, 0.2) is 22.8 Å². The highest BCUT2D eigenvalue weighted by atomic mass is 16.1. The minimum atomic E-state index is 0.286. The minimum absolute atomic E-state index is 0.286. The molecule has 0 aromatic carbocycles. The number of fused-ring (bicyclic) bond motifs is 4. The first-order chi connectivity index (χ1) is 12.6. The summed E-state index contributed by atoms with van der Waals surface area (Å²) >= 11 is 0. The molecule has 26 heavy (non-hydrogen) atoms. The van der Waals surface area contributed by atoms with Gasteiger partial charge in [-0.15, -0.1) is 0 Å². The Morgan fingerprint density at radius 1 is 1.04 bits per heavy atom. The molecule has 4 rings (SSSR count). The van der Waals surface area contributed by atoms with Crippen LogP contribution in [0.2, 0.25) is 0 Å². The molecular formula is C25H38O. The number of unbranched alkanes of at least 4 members (excludes halogenated alkanes) is 3. The van der Waals surface area contributed by atoms with Crippen LogP contribution >= 0.6 is 0 Å². The van der Waals surface area contributed by atoms with Gasteiger partial charge >= 0.3 is 0 Å². The van der Waals surface area contributed by atoms with Gasteiger partial charge in [0.1, 0.15) is 0 Å². The molecule has 0 aliphatic heterocycles. The van der Waals surface area contributed by atoms with E-state index in [9.17, 15) is 4.79 Å². The summed E-state index contributed by atoms with van der Waals surface area (Å²) in [6.07, 6.45) is 17.9. The van der Waals surface area contributed by atoms with E-state index in [0.29, 0.717) is 11.7 Å². The van der Waals surface area contributed by atoms with Crippen LogP contribution < -0.4 is 0 Å². The average molecular weight is 355 g/mol. The molecule has 0 radical (unpaired) electrons. The molecule has 0 heterocycles. The van der Waals surface area contributed by atoms with Crippen molar-refractivity contribution in [3.63, 3.8) is 0 Å². The van der Waals surface area contributed by atoms with Gasteiger partial charge in [0, 0.05) is 6.42 Å². The van der Waals surface area contributed by atoms with Crippen molar-refractivity contribution in [2.75, 3.05) is 0 Å². The van der Waals surface area contributed by atoms with Gasteiger partial charge in [-0.2, -0.15) is 0 Å². The Hall–Kier alpha value is -0.850. The first-order valence-corrected chi connectivity index (χ1v) is 11.5. The highest BCUT2D eigenvalue weighted by Crippen LogP contribution is 2.62. The smallest absolute Gasteiger partial charge is 0.155 e. The first-order valence-electron chi connectivity index (χ1n) is 11.5. The van der Waals surface area contributed by atoms with Gasteiger partial charge in [0.05, 0.1) is 0 Å². The van der Waals surface area contributed by atoms with E-state index in [2.05, 4.69) is 20.8 Å². The summed E-state index contributed by atoms with van der Waals surface area (Å²) in [7, 11) is 0. The molecule has 0 aromatic rings. The fraction of sp³-hybridized carbons (Fsp3) is 0.800. The molecule has 4 aliphatic carbocycles.